The van der Waals surface area contributed by atoms with Crippen molar-refractivity contribution < 1.29 is 4.74 Å². The molecule has 13 rings (SSSR count). The van der Waals surface area contributed by atoms with E-state index >= 15 is 0 Å². The molecule has 1 aliphatic rings. The van der Waals surface area contributed by atoms with Gasteiger partial charge in [0.25, 0.3) is 0 Å². The zero-order valence-corrected chi connectivity index (χ0v) is 33.1. The molecule has 0 amide bonds. The molecule has 0 spiro atoms. The lowest BCUT2D eigenvalue weighted by Crippen LogP contribution is -2.16. The number of hydrogen-bond acceptors (Lipinski definition) is 2. The second-order valence-electron chi connectivity index (χ2n) is 16.1. The van der Waals surface area contributed by atoms with Crippen LogP contribution in [-0.2, 0) is 0 Å². The molecule has 0 radical (unpaired) electrons. The maximum atomic E-state index is 6.76. The summed E-state index contributed by atoms with van der Waals surface area (Å²) in [6.07, 6.45) is 0. The van der Waals surface area contributed by atoms with Gasteiger partial charge in [-0.25, -0.2) is 0 Å². The van der Waals surface area contributed by atoms with Gasteiger partial charge in [0.2, 0.25) is 0 Å². The molecule has 284 valence electrons. The number of fused-ring (bicyclic) bond motifs is 12. The fraction of sp³-hybridized carbons (Fsp3) is 0. The van der Waals surface area contributed by atoms with E-state index in [2.05, 4.69) is 228 Å². The Morgan fingerprint density at radius 1 is 0.279 bits per heavy atom. The Balaban J connectivity index is 0.978. The molecule has 1 aromatic heterocycles. The van der Waals surface area contributed by atoms with Gasteiger partial charge in [0.1, 0.15) is 0 Å². The van der Waals surface area contributed by atoms with Crippen molar-refractivity contribution in [3.05, 3.63) is 218 Å². The Morgan fingerprint density at radius 3 is 1.64 bits per heavy atom. The predicted octanol–water partition coefficient (Wildman–Crippen LogP) is 16.3. The molecule has 11 aromatic carbocycles. The van der Waals surface area contributed by atoms with Crippen molar-refractivity contribution in [1.29, 1.82) is 0 Å². The topological polar surface area (TPSA) is 17.4 Å². The minimum Gasteiger partial charge on any atom is -0.453 e. The average molecular weight is 777 g/mol. The van der Waals surface area contributed by atoms with E-state index in [0.29, 0.717) is 0 Å². The third kappa shape index (κ3) is 5.24. The van der Waals surface area contributed by atoms with Gasteiger partial charge in [0.05, 0.1) is 22.4 Å². The Bertz CT molecular complexity index is 3710. The molecule has 1 aliphatic heterocycles. The van der Waals surface area contributed by atoms with Crippen molar-refractivity contribution in [2.75, 3.05) is 4.90 Å². The van der Waals surface area contributed by atoms with Crippen LogP contribution in [0.4, 0.5) is 17.1 Å². The lowest BCUT2D eigenvalue weighted by molar-refractivity contribution is 0.478. The first-order valence-corrected chi connectivity index (χ1v) is 20.9. The predicted molar refractivity (Wildman–Crippen MR) is 256 cm³/mol. The van der Waals surface area contributed by atoms with Crippen molar-refractivity contribution >= 4 is 82.0 Å². The molecule has 0 unspecified atom stereocenters. The molecule has 0 bridgehead atoms. The van der Waals surface area contributed by atoms with Crippen LogP contribution >= 0.6 is 0 Å². The maximum Gasteiger partial charge on any atom is 0.152 e. The van der Waals surface area contributed by atoms with E-state index in [0.717, 1.165) is 50.8 Å². The third-order valence-electron chi connectivity index (χ3n) is 12.7. The normalized spacial score (nSPS) is 12.4. The van der Waals surface area contributed by atoms with Gasteiger partial charge in [-0.3, -0.25) is 0 Å². The van der Waals surface area contributed by atoms with Crippen LogP contribution < -0.4 is 9.64 Å². The quantitative estimate of drug-likeness (QED) is 0.166. The Labute approximate surface area is 352 Å². The number of nitrogens with zero attached hydrogens (tertiary/aromatic N) is 2. The molecule has 2 heterocycles. The minimum absolute atomic E-state index is 0.825. The van der Waals surface area contributed by atoms with Crippen LogP contribution in [0.15, 0.2) is 218 Å². The standard InChI is InChI=1S/C58H36N2O/c1-2-13-37(14-3-1)38-17-12-18-43(31-38)60-55-34-42(26-30-57(55)61-58-35-40-16-5-4-15-39(40)33-56(58)60)41-25-29-54-52(32-41)50-23-10-11-24-53(50)59(54)44-27-28-49-47-21-7-6-19-45(47)46-20-8-9-22-48(46)51(49)36-44/h1-36H. The first kappa shape index (κ1) is 33.8. The van der Waals surface area contributed by atoms with Gasteiger partial charge in [0.15, 0.2) is 11.5 Å². The van der Waals surface area contributed by atoms with Crippen molar-refractivity contribution in [3.63, 3.8) is 0 Å². The van der Waals surface area contributed by atoms with Crippen molar-refractivity contribution in [1.82, 2.24) is 4.57 Å². The Hall–Kier alpha value is -8.14. The van der Waals surface area contributed by atoms with Crippen LogP contribution in [0, 0.1) is 0 Å². The summed E-state index contributed by atoms with van der Waals surface area (Å²) in [5.41, 5.74) is 11.2. The molecule has 12 aromatic rings. The fourth-order valence-corrected chi connectivity index (χ4v) is 9.87. The Morgan fingerprint density at radius 2 is 0.852 bits per heavy atom. The van der Waals surface area contributed by atoms with Crippen LogP contribution in [0.2, 0.25) is 0 Å². The third-order valence-corrected chi connectivity index (χ3v) is 12.7. The Kier molecular flexibility index (Phi) is 7.31. The van der Waals surface area contributed by atoms with E-state index in [4.69, 9.17) is 4.74 Å². The minimum atomic E-state index is 0.825. The van der Waals surface area contributed by atoms with Gasteiger partial charge >= 0.3 is 0 Å². The number of aromatic nitrogens is 1. The summed E-state index contributed by atoms with van der Waals surface area (Å²) in [4.78, 5) is 2.37. The van der Waals surface area contributed by atoms with Crippen molar-refractivity contribution in [3.8, 4) is 39.4 Å². The molecule has 61 heavy (non-hydrogen) atoms. The maximum absolute atomic E-state index is 6.76. The van der Waals surface area contributed by atoms with E-state index in [9.17, 15) is 0 Å². The van der Waals surface area contributed by atoms with Crippen LogP contribution in [0.25, 0.3) is 92.8 Å². The molecule has 0 saturated heterocycles. The second kappa shape index (κ2) is 13.2. The number of anilines is 3. The zero-order valence-electron chi connectivity index (χ0n) is 33.1. The van der Waals surface area contributed by atoms with E-state index in [-0.39, 0.29) is 0 Å². The summed E-state index contributed by atoms with van der Waals surface area (Å²) in [6, 6.07) is 79.3. The van der Waals surface area contributed by atoms with Gasteiger partial charge in [-0.2, -0.15) is 0 Å². The van der Waals surface area contributed by atoms with E-state index in [1.54, 1.807) is 0 Å². The van der Waals surface area contributed by atoms with E-state index in [1.807, 2.05) is 0 Å². The highest BCUT2D eigenvalue weighted by atomic mass is 16.5. The highest BCUT2D eigenvalue weighted by Crippen LogP contribution is 2.53. The van der Waals surface area contributed by atoms with Gasteiger partial charge in [-0.05, 0) is 132 Å². The van der Waals surface area contributed by atoms with E-state index < -0.39 is 0 Å². The van der Waals surface area contributed by atoms with Gasteiger partial charge in [-0.15, -0.1) is 0 Å². The second-order valence-corrected chi connectivity index (χ2v) is 16.1. The SMILES string of the molecule is c1ccc(-c2cccc(N3c4cc(-c5ccc6c(c5)c5ccccc5n6-c5ccc6c7ccccc7c7ccccc7c6c5)ccc4Oc4cc5ccccc5cc43)c2)cc1. The van der Waals surface area contributed by atoms with Gasteiger partial charge in [0, 0.05) is 22.1 Å². The smallest absolute Gasteiger partial charge is 0.152 e. The summed E-state index contributed by atoms with van der Waals surface area (Å²) < 4.78 is 9.19. The zero-order chi connectivity index (χ0) is 40.0. The van der Waals surface area contributed by atoms with Gasteiger partial charge < -0.3 is 14.2 Å². The summed E-state index contributed by atoms with van der Waals surface area (Å²) in [6.45, 7) is 0. The molecule has 0 saturated carbocycles. The average Bonchev–Trinajstić information content (AvgIpc) is 3.66. The van der Waals surface area contributed by atoms with Crippen molar-refractivity contribution in [2.45, 2.75) is 0 Å². The number of ether oxygens (including phenoxy) is 1. The van der Waals surface area contributed by atoms with Crippen LogP contribution in [-0.4, -0.2) is 4.57 Å². The van der Waals surface area contributed by atoms with Crippen LogP contribution in [0.3, 0.4) is 0 Å². The molecule has 0 aliphatic carbocycles. The molecule has 0 fully saturated rings. The number of hydrogen-bond donors (Lipinski definition) is 0. The van der Waals surface area contributed by atoms with Gasteiger partial charge in [-0.1, -0.05) is 152 Å². The monoisotopic (exact) mass is 776 g/mol. The largest absolute Gasteiger partial charge is 0.453 e. The summed E-state index contributed by atoms with van der Waals surface area (Å²) in [5, 5.41) is 12.4. The summed E-state index contributed by atoms with van der Waals surface area (Å²) in [7, 11) is 0. The van der Waals surface area contributed by atoms with Crippen LogP contribution in [0.5, 0.6) is 11.5 Å². The molecule has 0 atom stereocenters. The lowest BCUT2D eigenvalue weighted by atomic mass is 9.94. The van der Waals surface area contributed by atoms with Crippen LogP contribution in [0.1, 0.15) is 0 Å². The molecule has 0 N–H and O–H groups in total. The number of benzene rings is 11. The number of rotatable bonds is 4. The molecular formula is C58H36N2O. The first-order chi connectivity index (χ1) is 30.2. The van der Waals surface area contributed by atoms with E-state index in [1.165, 1.54) is 70.6 Å². The molecule has 3 heteroatoms. The first-order valence-electron chi connectivity index (χ1n) is 20.9. The highest BCUT2D eigenvalue weighted by molar-refractivity contribution is 6.25. The lowest BCUT2D eigenvalue weighted by Gasteiger charge is -2.34. The fourth-order valence-electron chi connectivity index (χ4n) is 9.87. The molecule has 3 nitrogen and oxygen atoms in total. The molecular weight excluding hydrogens is 741 g/mol. The number of para-hydroxylation sites is 1. The highest BCUT2D eigenvalue weighted by Gasteiger charge is 2.28. The summed E-state index contributed by atoms with van der Waals surface area (Å²) >= 11 is 0. The van der Waals surface area contributed by atoms with Crippen molar-refractivity contribution in [2.24, 2.45) is 0 Å². The summed E-state index contributed by atoms with van der Waals surface area (Å²) in [5.74, 6) is 1.67.